The molecule has 2 N–H and O–H groups in total. The average molecular weight is 328 g/mol. The maximum Gasteiger partial charge on any atom is 0.312 e. The third-order valence-electron chi connectivity index (χ3n) is 2.23. The molecule has 0 atom stereocenters. The molecule has 0 bridgehead atoms. The van der Waals surface area contributed by atoms with Crippen LogP contribution in [0.1, 0.15) is 0 Å². The van der Waals surface area contributed by atoms with Crippen LogP contribution < -0.4 is 10.5 Å². The molecule has 2 rings (SSSR count). The molecule has 0 spiro atoms. The summed E-state index contributed by atoms with van der Waals surface area (Å²) in [5, 5.41) is 10.9. The van der Waals surface area contributed by atoms with Gasteiger partial charge in [0.25, 0.3) is 0 Å². The Labute approximate surface area is 115 Å². The lowest BCUT2D eigenvalue weighted by molar-refractivity contribution is -0.385. The molecule has 19 heavy (non-hydrogen) atoms. The van der Waals surface area contributed by atoms with Crippen molar-refractivity contribution in [1.29, 1.82) is 0 Å². The molecule has 1 aromatic heterocycles. The van der Waals surface area contributed by atoms with Crippen LogP contribution in [0.15, 0.2) is 35.1 Å². The van der Waals surface area contributed by atoms with Crippen molar-refractivity contribution < 1.29 is 14.1 Å². The van der Waals surface area contributed by atoms with Gasteiger partial charge in [0, 0.05) is 24.4 Å². The predicted molar refractivity (Wildman–Crippen MR) is 69.5 cm³/mol. The Kier molecular flexibility index (Phi) is 3.61. The maximum atomic E-state index is 13.4. The molecule has 6 nitrogen and oxygen atoms in total. The average Bonchev–Trinajstić information content (AvgIpc) is 2.36. The highest BCUT2D eigenvalue weighted by Crippen LogP contribution is 2.36. The van der Waals surface area contributed by atoms with Crippen LogP contribution in [-0.4, -0.2) is 9.91 Å². The molecule has 1 aromatic carbocycles. The monoisotopic (exact) mass is 327 g/mol. The lowest BCUT2D eigenvalue weighted by atomic mass is 10.3. The predicted octanol–water partition coefficient (Wildman–Crippen LogP) is 3.27. The van der Waals surface area contributed by atoms with Gasteiger partial charge in [0.2, 0.25) is 5.75 Å². The summed E-state index contributed by atoms with van der Waals surface area (Å²) < 4.78 is 18.7. The van der Waals surface area contributed by atoms with Crippen molar-refractivity contribution in [3.63, 3.8) is 0 Å². The van der Waals surface area contributed by atoms with Crippen LogP contribution in [0.2, 0.25) is 0 Å². The van der Waals surface area contributed by atoms with Crippen molar-refractivity contribution >= 4 is 27.3 Å². The number of aromatic nitrogens is 1. The number of nitrogen functional groups attached to an aromatic ring is 1. The van der Waals surface area contributed by atoms with Crippen LogP contribution in [0.4, 0.5) is 15.8 Å². The smallest absolute Gasteiger partial charge is 0.312 e. The molecule has 0 aliphatic heterocycles. The molecule has 0 saturated carbocycles. The fourth-order valence-corrected chi connectivity index (χ4v) is 1.68. The Balaban J connectivity index is 2.48. The highest BCUT2D eigenvalue weighted by Gasteiger charge is 2.20. The quantitative estimate of drug-likeness (QED) is 0.690. The SMILES string of the molecule is Nc1cnccc1Oc1cc(F)c(Br)cc1[N+](=O)[O-]. The van der Waals surface area contributed by atoms with E-state index in [-0.39, 0.29) is 27.3 Å². The fourth-order valence-electron chi connectivity index (χ4n) is 1.35. The second kappa shape index (κ2) is 5.19. The Hall–Kier alpha value is -2.22. The zero-order valence-electron chi connectivity index (χ0n) is 9.34. The Morgan fingerprint density at radius 2 is 2.16 bits per heavy atom. The van der Waals surface area contributed by atoms with Crippen molar-refractivity contribution in [2.24, 2.45) is 0 Å². The number of nitro benzene ring substituents is 1. The van der Waals surface area contributed by atoms with E-state index in [0.29, 0.717) is 0 Å². The Morgan fingerprint density at radius 3 is 2.79 bits per heavy atom. The number of ether oxygens (including phenoxy) is 1. The number of hydrogen-bond acceptors (Lipinski definition) is 5. The number of nitro groups is 1. The standard InChI is InChI=1S/C11H7BrFN3O3/c12-6-3-9(16(17)18)11(4-7(6)13)19-10-1-2-15-5-8(10)14/h1-5H,14H2. The van der Waals surface area contributed by atoms with E-state index in [9.17, 15) is 14.5 Å². The van der Waals surface area contributed by atoms with Gasteiger partial charge in [-0.3, -0.25) is 15.1 Å². The van der Waals surface area contributed by atoms with E-state index in [1.54, 1.807) is 0 Å². The van der Waals surface area contributed by atoms with Gasteiger partial charge in [-0.05, 0) is 15.9 Å². The van der Waals surface area contributed by atoms with Crippen molar-refractivity contribution in [1.82, 2.24) is 4.98 Å². The van der Waals surface area contributed by atoms with Gasteiger partial charge >= 0.3 is 5.69 Å². The molecule has 0 radical (unpaired) electrons. The largest absolute Gasteiger partial charge is 0.448 e. The van der Waals surface area contributed by atoms with Crippen molar-refractivity contribution in [2.45, 2.75) is 0 Å². The van der Waals surface area contributed by atoms with E-state index >= 15 is 0 Å². The van der Waals surface area contributed by atoms with Crippen molar-refractivity contribution in [3.8, 4) is 11.5 Å². The summed E-state index contributed by atoms with van der Waals surface area (Å²) in [5.74, 6) is -0.739. The minimum atomic E-state index is -0.673. The Morgan fingerprint density at radius 1 is 1.42 bits per heavy atom. The molecule has 1 heterocycles. The van der Waals surface area contributed by atoms with Crippen molar-refractivity contribution in [2.75, 3.05) is 5.73 Å². The highest BCUT2D eigenvalue weighted by atomic mass is 79.9. The number of halogens is 2. The van der Waals surface area contributed by atoms with E-state index in [1.807, 2.05) is 0 Å². The van der Waals surface area contributed by atoms with Crippen LogP contribution in [0.5, 0.6) is 11.5 Å². The number of rotatable bonds is 3. The van der Waals surface area contributed by atoms with Gasteiger partial charge in [-0.1, -0.05) is 0 Å². The number of nitrogens with zero attached hydrogens (tertiary/aromatic N) is 2. The minimum absolute atomic E-state index is 0.0192. The number of anilines is 1. The number of nitrogens with two attached hydrogens (primary N) is 1. The first-order chi connectivity index (χ1) is 8.99. The first kappa shape index (κ1) is 13.2. The van der Waals surface area contributed by atoms with Crippen LogP contribution in [-0.2, 0) is 0 Å². The van der Waals surface area contributed by atoms with Gasteiger partial charge in [0.05, 0.1) is 21.3 Å². The van der Waals surface area contributed by atoms with E-state index in [0.717, 1.165) is 12.1 Å². The first-order valence-electron chi connectivity index (χ1n) is 5.00. The van der Waals surface area contributed by atoms with E-state index in [2.05, 4.69) is 20.9 Å². The zero-order chi connectivity index (χ0) is 14.0. The lowest BCUT2D eigenvalue weighted by Crippen LogP contribution is -1.97. The second-order valence-corrected chi connectivity index (χ2v) is 4.36. The third-order valence-corrected chi connectivity index (χ3v) is 2.84. The molecule has 0 aliphatic rings. The van der Waals surface area contributed by atoms with Gasteiger partial charge in [0.1, 0.15) is 5.82 Å². The molecule has 98 valence electrons. The molecule has 2 aromatic rings. The summed E-state index contributed by atoms with van der Waals surface area (Å²) in [6.07, 6.45) is 2.74. The molecule has 0 amide bonds. The molecule has 0 aliphatic carbocycles. The topological polar surface area (TPSA) is 91.3 Å². The van der Waals surface area contributed by atoms with Gasteiger partial charge in [-0.25, -0.2) is 4.39 Å². The van der Waals surface area contributed by atoms with E-state index in [1.165, 1.54) is 18.5 Å². The maximum absolute atomic E-state index is 13.4. The molecular formula is C11H7BrFN3O3. The van der Waals surface area contributed by atoms with Gasteiger partial charge in [-0.15, -0.1) is 0 Å². The lowest BCUT2D eigenvalue weighted by Gasteiger charge is -2.08. The van der Waals surface area contributed by atoms with Crippen LogP contribution in [0, 0.1) is 15.9 Å². The van der Waals surface area contributed by atoms with Gasteiger partial charge in [0.15, 0.2) is 5.75 Å². The van der Waals surface area contributed by atoms with Gasteiger partial charge in [-0.2, -0.15) is 0 Å². The van der Waals surface area contributed by atoms with E-state index in [4.69, 9.17) is 10.5 Å². The summed E-state index contributed by atoms with van der Waals surface area (Å²) >= 11 is 2.88. The molecule has 8 heteroatoms. The fraction of sp³-hybridized carbons (Fsp3) is 0. The normalized spacial score (nSPS) is 10.2. The number of pyridine rings is 1. The summed E-state index contributed by atoms with van der Waals surface area (Å²) in [6.45, 7) is 0. The molecule has 0 fully saturated rings. The molecular weight excluding hydrogens is 321 g/mol. The first-order valence-corrected chi connectivity index (χ1v) is 5.79. The second-order valence-electron chi connectivity index (χ2n) is 3.51. The molecule has 0 unspecified atom stereocenters. The van der Waals surface area contributed by atoms with Crippen LogP contribution in [0.25, 0.3) is 0 Å². The Bertz CT molecular complexity index is 651. The van der Waals surface area contributed by atoms with Crippen LogP contribution >= 0.6 is 15.9 Å². The van der Waals surface area contributed by atoms with Crippen LogP contribution in [0.3, 0.4) is 0 Å². The number of hydrogen-bond donors (Lipinski definition) is 1. The summed E-state index contributed by atoms with van der Waals surface area (Å²) in [7, 11) is 0. The van der Waals surface area contributed by atoms with E-state index < -0.39 is 10.7 Å². The van der Waals surface area contributed by atoms with Gasteiger partial charge < -0.3 is 10.5 Å². The summed E-state index contributed by atoms with van der Waals surface area (Å²) in [5.41, 5.74) is 5.43. The van der Waals surface area contributed by atoms with Crippen molar-refractivity contribution in [3.05, 3.63) is 51.0 Å². The third kappa shape index (κ3) is 2.79. The molecule has 0 saturated heterocycles. The summed E-state index contributed by atoms with van der Waals surface area (Å²) in [6, 6.07) is 3.38. The number of benzene rings is 1. The minimum Gasteiger partial charge on any atom is -0.448 e. The zero-order valence-corrected chi connectivity index (χ0v) is 10.9. The highest BCUT2D eigenvalue weighted by molar-refractivity contribution is 9.10. The summed E-state index contributed by atoms with van der Waals surface area (Å²) in [4.78, 5) is 14.0.